The fourth-order valence-corrected chi connectivity index (χ4v) is 4.32. The van der Waals surface area contributed by atoms with Crippen LogP contribution in [0.15, 0.2) is 58.7 Å². The number of hydrogen-bond donors (Lipinski definition) is 2. The van der Waals surface area contributed by atoms with Crippen LogP contribution in [0.4, 0.5) is 5.69 Å². The molecule has 3 aliphatic heterocycles. The molecule has 0 amide bonds. The molecule has 0 bridgehead atoms. The minimum absolute atomic E-state index is 0.282. The fraction of sp³-hybridized carbons (Fsp3) is 0.368. The number of thioether (sulfide) groups is 1. The molecule has 0 aromatic carbocycles. The van der Waals surface area contributed by atoms with Crippen molar-refractivity contribution in [2.75, 3.05) is 24.7 Å². The zero-order valence-electron chi connectivity index (χ0n) is 16.7. The second-order valence-corrected chi connectivity index (χ2v) is 8.41. The molecule has 10 nitrogen and oxygen atoms in total. The highest BCUT2D eigenvalue weighted by atomic mass is 32.2. The number of aryl methyl sites for hydroxylation is 1. The number of fused-ring (bicyclic) bond motifs is 1. The number of hydrazine groups is 1. The summed E-state index contributed by atoms with van der Waals surface area (Å²) in [5.74, 6) is 0.856. The van der Waals surface area contributed by atoms with Crippen molar-refractivity contribution in [1.29, 1.82) is 5.26 Å². The molecule has 11 heteroatoms. The van der Waals surface area contributed by atoms with Gasteiger partial charge in [-0.25, -0.2) is 4.99 Å². The van der Waals surface area contributed by atoms with Crippen LogP contribution in [-0.4, -0.2) is 60.9 Å². The van der Waals surface area contributed by atoms with Gasteiger partial charge in [0.1, 0.15) is 5.54 Å². The summed E-state index contributed by atoms with van der Waals surface area (Å²) in [6.45, 7) is 1.42. The maximum Gasteiger partial charge on any atom is 0.193 e. The third kappa shape index (κ3) is 3.14. The molecule has 2 N–H and O–H groups in total. The fourth-order valence-electron chi connectivity index (χ4n) is 3.96. The Morgan fingerprint density at radius 3 is 2.90 bits per heavy atom. The molecule has 0 spiro atoms. The second-order valence-electron chi connectivity index (χ2n) is 7.53. The van der Waals surface area contributed by atoms with Crippen LogP contribution >= 0.6 is 11.8 Å². The third-order valence-electron chi connectivity index (χ3n) is 5.47. The Kier molecular flexibility index (Phi) is 4.52. The quantitative estimate of drug-likeness (QED) is 0.672. The van der Waals surface area contributed by atoms with Crippen LogP contribution in [0.25, 0.3) is 0 Å². The van der Waals surface area contributed by atoms with E-state index in [1.807, 2.05) is 53.9 Å². The van der Waals surface area contributed by atoms with Gasteiger partial charge >= 0.3 is 0 Å². The molecule has 1 saturated heterocycles. The molecule has 0 saturated carbocycles. The smallest absolute Gasteiger partial charge is 0.193 e. The van der Waals surface area contributed by atoms with Crippen LogP contribution in [0, 0.1) is 11.3 Å². The third-order valence-corrected chi connectivity index (χ3v) is 6.15. The molecule has 2 aromatic rings. The first kappa shape index (κ1) is 18.8. The lowest BCUT2D eigenvalue weighted by Crippen LogP contribution is -2.63. The Balaban J connectivity index is 1.33. The largest absolute Gasteiger partial charge is 0.363 e. The molecule has 5 rings (SSSR count). The van der Waals surface area contributed by atoms with Crippen LogP contribution in [0.5, 0.6) is 0 Å². The van der Waals surface area contributed by atoms with Crippen molar-refractivity contribution in [2.45, 2.75) is 23.1 Å². The first-order valence-corrected chi connectivity index (χ1v) is 10.8. The lowest BCUT2D eigenvalue weighted by molar-refractivity contribution is 0.0366. The van der Waals surface area contributed by atoms with Gasteiger partial charge in [0.15, 0.2) is 12.1 Å². The number of aromatic nitrogens is 4. The van der Waals surface area contributed by atoms with Crippen molar-refractivity contribution in [3.05, 3.63) is 48.8 Å². The van der Waals surface area contributed by atoms with Crippen LogP contribution in [0.1, 0.15) is 6.42 Å². The lowest BCUT2D eigenvalue weighted by Gasteiger charge is -2.51. The SMILES string of the molecule is CSc1cnn(C2(CC#N)CN(C3=CC=CN4NC(Nc5cnn(C)c5)N=C34)C2)c1. The molecule has 30 heavy (non-hydrogen) atoms. The number of allylic oxidation sites excluding steroid dienone is 2. The first-order chi connectivity index (χ1) is 14.6. The number of nitrogens with one attached hydrogen (secondary N) is 2. The molecule has 2 aromatic heterocycles. The number of aliphatic imine (C=N–C) groups is 1. The molecule has 1 fully saturated rings. The van der Waals surface area contributed by atoms with Crippen molar-refractivity contribution >= 4 is 23.3 Å². The minimum Gasteiger partial charge on any atom is -0.363 e. The highest BCUT2D eigenvalue weighted by molar-refractivity contribution is 7.98. The summed E-state index contributed by atoms with van der Waals surface area (Å²) in [4.78, 5) is 8.17. The van der Waals surface area contributed by atoms with Gasteiger partial charge in [-0.05, 0) is 18.4 Å². The zero-order chi connectivity index (χ0) is 20.7. The predicted molar refractivity (Wildman–Crippen MR) is 114 cm³/mol. The van der Waals surface area contributed by atoms with Gasteiger partial charge in [0.05, 0.1) is 36.3 Å². The Hall–Kier alpha value is -3.23. The van der Waals surface area contributed by atoms with Crippen LogP contribution in [-0.2, 0) is 12.6 Å². The van der Waals surface area contributed by atoms with Crippen molar-refractivity contribution < 1.29 is 0 Å². The molecule has 154 valence electrons. The number of rotatable bonds is 6. The molecular formula is C19H22N10S. The van der Waals surface area contributed by atoms with Crippen LogP contribution in [0.3, 0.4) is 0 Å². The van der Waals surface area contributed by atoms with E-state index in [9.17, 15) is 5.26 Å². The highest BCUT2D eigenvalue weighted by Crippen LogP contribution is 2.37. The maximum absolute atomic E-state index is 9.42. The minimum atomic E-state index is -0.310. The van der Waals surface area contributed by atoms with Gasteiger partial charge in [0.2, 0.25) is 0 Å². The van der Waals surface area contributed by atoms with E-state index >= 15 is 0 Å². The lowest BCUT2D eigenvalue weighted by atomic mass is 9.86. The normalized spacial score (nSPS) is 21.6. The van der Waals surface area contributed by atoms with Crippen molar-refractivity contribution in [2.24, 2.45) is 12.0 Å². The van der Waals surface area contributed by atoms with E-state index in [4.69, 9.17) is 4.99 Å². The Morgan fingerprint density at radius 2 is 2.20 bits per heavy atom. The van der Waals surface area contributed by atoms with Crippen LogP contribution in [0.2, 0.25) is 0 Å². The molecule has 5 heterocycles. The number of nitriles is 1. The maximum atomic E-state index is 9.42. The van der Waals surface area contributed by atoms with Gasteiger partial charge in [0, 0.05) is 43.6 Å². The second kappa shape index (κ2) is 7.23. The predicted octanol–water partition coefficient (Wildman–Crippen LogP) is 1.29. The van der Waals surface area contributed by atoms with Crippen LogP contribution < -0.4 is 10.7 Å². The summed E-state index contributed by atoms with van der Waals surface area (Å²) in [5.41, 5.74) is 4.95. The molecular weight excluding hydrogens is 400 g/mol. The molecule has 3 aliphatic rings. The molecule has 1 atom stereocenters. The van der Waals surface area contributed by atoms with Gasteiger partial charge in [-0.2, -0.15) is 20.9 Å². The Labute approximate surface area is 178 Å². The monoisotopic (exact) mass is 422 g/mol. The number of anilines is 1. The van der Waals surface area contributed by atoms with E-state index in [1.165, 1.54) is 0 Å². The topological polar surface area (TPSA) is 102 Å². The van der Waals surface area contributed by atoms with E-state index in [-0.39, 0.29) is 11.8 Å². The summed E-state index contributed by atoms with van der Waals surface area (Å²) in [6.07, 6.45) is 15.7. The number of hydrogen-bond acceptors (Lipinski definition) is 9. The van der Waals surface area contributed by atoms with Crippen molar-refractivity contribution in [1.82, 2.24) is 34.9 Å². The molecule has 1 unspecified atom stereocenters. The van der Waals surface area contributed by atoms with Gasteiger partial charge in [-0.15, -0.1) is 11.8 Å². The van der Waals surface area contributed by atoms with E-state index in [1.54, 1.807) is 22.6 Å². The van der Waals surface area contributed by atoms with E-state index in [2.05, 4.69) is 38.0 Å². The van der Waals surface area contributed by atoms with Crippen molar-refractivity contribution in [3.63, 3.8) is 0 Å². The van der Waals surface area contributed by atoms with Gasteiger partial charge in [-0.1, -0.05) is 0 Å². The standard InChI is InChI=1S/C19H22N10S/c1-26-10-14(8-21-26)23-18-24-17-16(4-3-7-28(17)25-18)27-12-19(13-27,5-6-20)29-11-15(30-2)9-22-29/h3-4,7-11,18,23,25H,5,12-13H2,1-2H3. The average Bonchev–Trinajstić information content (AvgIpc) is 3.43. The summed E-state index contributed by atoms with van der Waals surface area (Å²) in [7, 11) is 1.88. The first-order valence-electron chi connectivity index (χ1n) is 9.58. The summed E-state index contributed by atoms with van der Waals surface area (Å²) >= 11 is 1.65. The number of likely N-dealkylation sites (tertiary alicyclic amines) is 1. The summed E-state index contributed by atoms with van der Waals surface area (Å²) in [5, 5.41) is 23.4. The number of amidine groups is 1. The van der Waals surface area contributed by atoms with E-state index in [0.717, 1.165) is 22.1 Å². The zero-order valence-corrected chi connectivity index (χ0v) is 17.5. The van der Waals surface area contributed by atoms with E-state index in [0.29, 0.717) is 19.5 Å². The molecule has 0 aliphatic carbocycles. The summed E-state index contributed by atoms with van der Waals surface area (Å²) in [6, 6.07) is 2.34. The summed E-state index contributed by atoms with van der Waals surface area (Å²) < 4.78 is 3.70. The van der Waals surface area contributed by atoms with Gasteiger partial charge in [-0.3, -0.25) is 14.4 Å². The average molecular weight is 423 g/mol. The molecule has 0 radical (unpaired) electrons. The van der Waals surface area contributed by atoms with Gasteiger partial charge in [0.25, 0.3) is 0 Å². The Bertz CT molecular complexity index is 1080. The number of nitrogens with zero attached hydrogens (tertiary/aromatic N) is 8. The Morgan fingerprint density at radius 1 is 1.33 bits per heavy atom. The van der Waals surface area contributed by atoms with E-state index < -0.39 is 0 Å². The van der Waals surface area contributed by atoms with Gasteiger partial charge < -0.3 is 10.2 Å². The highest BCUT2D eigenvalue weighted by Gasteiger charge is 2.48. The van der Waals surface area contributed by atoms with Crippen molar-refractivity contribution in [3.8, 4) is 6.07 Å².